The van der Waals surface area contributed by atoms with Gasteiger partial charge in [0.15, 0.2) is 6.61 Å². The van der Waals surface area contributed by atoms with Crippen LogP contribution in [0.2, 0.25) is 0 Å². The van der Waals surface area contributed by atoms with Crippen LogP contribution in [0.25, 0.3) is 10.8 Å². The number of carbonyl (C=O) groups is 1. The molecule has 0 heterocycles. The van der Waals surface area contributed by atoms with Crippen LogP contribution in [0.15, 0.2) is 95.9 Å². The second-order valence-corrected chi connectivity index (χ2v) is 8.99. The van der Waals surface area contributed by atoms with Gasteiger partial charge in [0, 0.05) is 16.8 Å². The molecule has 0 atom stereocenters. The molecular weight excluding hydrogens is 424 g/mol. The number of ether oxygens (including phenoxy) is 1. The summed E-state index contributed by atoms with van der Waals surface area (Å²) >= 11 is 0. The molecule has 2 N–H and O–H groups in total. The SMILES string of the molecule is Cc1ccc(NS(=O)(=O)c2ccc(NC(=O)COc3cccc4ccccc34)cc2)cc1. The van der Waals surface area contributed by atoms with Crippen molar-refractivity contribution in [2.45, 2.75) is 11.8 Å². The molecule has 0 bridgehead atoms. The van der Waals surface area contributed by atoms with Crippen molar-refractivity contribution in [3.8, 4) is 5.75 Å². The maximum absolute atomic E-state index is 12.6. The molecule has 0 spiro atoms. The number of sulfonamides is 1. The Bertz CT molecular complexity index is 1340. The highest BCUT2D eigenvalue weighted by molar-refractivity contribution is 7.92. The van der Waals surface area contributed by atoms with E-state index in [0.717, 1.165) is 16.3 Å². The van der Waals surface area contributed by atoms with E-state index in [1.807, 2.05) is 61.5 Å². The minimum absolute atomic E-state index is 0.100. The van der Waals surface area contributed by atoms with E-state index < -0.39 is 10.0 Å². The molecular formula is C25H22N2O4S. The summed E-state index contributed by atoms with van der Waals surface area (Å²) in [5.41, 5.74) is 2.00. The summed E-state index contributed by atoms with van der Waals surface area (Å²) in [6, 6.07) is 26.5. The summed E-state index contributed by atoms with van der Waals surface area (Å²) in [5.74, 6) is 0.285. The van der Waals surface area contributed by atoms with Crippen molar-refractivity contribution in [1.82, 2.24) is 0 Å². The molecule has 0 unspecified atom stereocenters. The Labute approximate surface area is 186 Å². The Morgan fingerprint density at radius 1 is 0.812 bits per heavy atom. The van der Waals surface area contributed by atoms with Gasteiger partial charge in [-0.05, 0) is 54.8 Å². The summed E-state index contributed by atoms with van der Waals surface area (Å²) in [5, 5.41) is 4.67. The molecule has 0 aliphatic carbocycles. The first-order valence-electron chi connectivity index (χ1n) is 10.0. The monoisotopic (exact) mass is 446 g/mol. The zero-order valence-corrected chi connectivity index (χ0v) is 18.2. The number of rotatable bonds is 7. The smallest absolute Gasteiger partial charge is 0.262 e. The normalized spacial score (nSPS) is 11.2. The van der Waals surface area contributed by atoms with Crippen LogP contribution < -0.4 is 14.8 Å². The highest BCUT2D eigenvalue weighted by Crippen LogP contribution is 2.25. The van der Waals surface area contributed by atoms with Crippen LogP contribution in [-0.4, -0.2) is 20.9 Å². The molecule has 162 valence electrons. The first-order chi connectivity index (χ1) is 15.4. The number of amides is 1. The fraction of sp³-hybridized carbons (Fsp3) is 0.0800. The van der Waals surface area contributed by atoms with Gasteiger partial charge in [0.05, 0.1) is 4.90 Å². The Morgan fingerprint density at radius 3 is 2.22 bits per heavy atom. The summed E-state index contributed by atoms with van der Waals surface area (Å²) in [6.45, 7) is 1.77. The molecule has 4 aromatic carbocycles. The Hall–Kier alpha value is -3.84. The van der Waals surface area contributed by atoms with Gasteiger partial charge in [-0.1, -0.05) is 54.1 Å². The van der Waals surface area contributed by atoms with Crippen LogP contribution in [0.3, 0.4) is 0 Å². The van der Waals surface area contributed by atoms with E-state index in [1.165, 1.54) is 12.1 Å². The molecule has 32 heavy (non-hydrogen) atoms. The van der Waals surface area contributed by atoms with Gasteiger partial charge in [-0.15, -0.1) is 0 Å². The minimum atomic E-state index is -3.73. The molecule has 0 saturated carbocycles. The van der Waals surface area contributed by atoms with Crippen molar-refractivity contribution in [3.05, 3.63) is 96.6 Å². The number of nitrogens with one attached hydrogen (secondary N) is 2. The standard InChI is InChI=1S/C25H22N2O4S/c1-18-9-11-21(12-10-18)27-32(29,30)22-15-13-20(14-16-22)26-25(28)17-31-24-8-4-6-19-5-2-3-7-23(19)24/h2-16,27H,17H2,1H3,(H,26,28). The highest BCUT2D eigenvalue weighted by atomic mass is 32.2. The van der Waals surface area contributed by atoms with Gasteiger partial charge < -0.3 is 10.1 Å². The Kier molecular flexibility index (Phi) is 6.09. The topological polar surface area (TPSA) is 84.5 Å². The molecule has 0 saturated heterocycles. The number of aryl methyl sites for hydroxylation is 1. The van der Waals surface area contributed by atoms with E-state index in [0.29, 0.717) is 17.1 Å². The van der Waals surface area contributed by atoms with Crippen molar-refractivity contribution >= 4 is 38.1 Å². The molecule has 4 aromatic rings. The van der Waals surface area contributed by atoms with Crippen molar-refractivity contribution in [2.75, 3.05) is 16.6 Å². The van der Waals surface area contributed by atoms with E-state index >= 15 is 0 Å². The highest BCUT2D eigenvalue weighted by Gasteiger charge is 2.14. The second-order valence-electron chi connectivity index (χ2n) is 7.31. The van der Waals surface area contributed by atoms with E-state index in [1.54, 1.807) is 24.3 Å². The minimum Gasteiger partial charge on any atom is -0.483 e. The van der Waals surface area contributed by atoms with E-state index in [9.17, 15) is 13.2 Å². The van der Waals surface area contributed by atoms with Crippen LogP contribution >= 0.6 is 0 Å². The lowest BCUT2D eigenvalue weighted by molar-refractivity contribution is -0.118. The summed E-state index contributed by atoms with van der Waals surface area (Å²) in [7, 11) is -3.73. The van der Waals surface area contributed by atoms with Gasteiger partial charge in [-0.2, -0.15) is 0 Å². The van der Waals surface area contributed by atoms with Gasteiger partial charge in [-0.25, -0.2) is 8.42 Å². The molecule has 6 nitrogen and oxygen atoms in total. The lowest BCUT2D eigenvalue weighted by Crippen LogP contribution is -2.20. The van der Waals surface area contributed by atoms with Crippen molar-refractivity contribution in [3.63, 3.8) is 0 Å². The lowest BCUT2D eigenvalue weighted by atomic mass is 10.1. The zero-order chi connectivity index (χ0) is 22.6. The Morgan fingerprint density at radius 2 is 1.47 bits per heavy atom. The maximum Gasteiger partial charge on any atom is 0.262 e. The number of hydrogen-bond donors (Lipinski definition) is 2. The fourth-order valence-corrected chi connectivity index (χ4v) is 4.27. The quantitative estimate of drug-likeness (QED) is 0.420. The largest absolute Gasteiger partial charge is 0.483 e. The average molecular weight is 447 g/mol. The first kappa shape index (κ1) is 21.4. The Balaban J connectivity index is 1.37. The summed E-state index contributed by atoms with van der Waals surface area (Å²) in [6.07, 6.45) is 0. The molecule has 1 amide bonds. The maximum atomic E-state index is 12.6. The van der Waals surface area contributed by atoms with Crippen molar-refractivity contribution in [2.24, 2.45) is 0 Å². The van der Waals surface area contributed by atoms with Gasteiger partial charge >= 0.3 is 0 Å². The van der Waals surface area contributed by atoms with Crippen LogP contribution in [0.4, 0.5) is 11.4 Å². The molecule has 4 rings (SSSR count). The predicted octanol–water partition coefficient (Wildman–Crippen LogP) is 4.97. The van der Waals surface area contributed by atoms with Gasteiger partial charge in [-0.3, -0.25) is 9.52 Å². The number of fused-ring (bicyclic) bond motifs is 1. The third kappa shape index (κ3) is 5.07. The number of hydrogen-bond acceptors (Lipinski definition) is 4. The third-order valence-corrected chi connectivity index (χ3v) is 6.26. The van der Waals surface area contributed by atoms with Crippen molar-refractivity contribution < 1.29 is 17.9 Å². The van der Waals surface area contributed by atoms with Gasteiger partial charge in [0.1, 0.15) is 5.75 Å². The fourth-order valence-electron chi connectivity index (χ4n) is 3.22. The van der Waals surface area contributed by atoms with Crippen molar-refractivity contribution in [1.29, 1.82) is 0 Å². The molecule has 0 aliphatic rings. The summed E-state index contributed by atoms with van der Waals surface area (Å²) < 4.78 is 33.4. The zero-order valence-electron chi connectivity index (χ0n) is 17.4. The third-order valence-electron chi connectivity index (χ3n) is 4.86. The summed E-state index contributed by atoms with van der Waals surface area (Å²) in [4.78, 5) is 12.4. The van der Waals surface area contributed by atoms with Crippen LogP contribution in [0, 0.1) is 6.92 Å². The number of anilines is 2. The molecule has 7 heteroatoms. The van der Waals surface area contributed by atoms with E-state index in [2.05, 4.69) is 10.0 Å². The van der Waals surface area contributed by atoms with E-state index in [4.69, 9.17) is 4.74 Å². The number of carbonyl (C=O) groups excluding carboxylic acids is 1. The molecule has 0 fully saturated rings. The van der Waals surface area contributed by atoms with Crippen LogP contribution in [0.5, 0.6) is 5.75 Å². The molecule has 0 radical (unpaired) electrons. The van der Waals surface area contributed by atoms with Gasteiger partial charge in [0.25, 0.3) is 15.9 Å². The predicted molar refractivity (Wildman–Crippen MR) is 127 cm³/mol. The molecule has 0 aromatic heterocycles. The van der Waals surface area contributed by atoms with Gasteiger partial charge in [0.2, 0.25) is 0 Å². The van der Waals surface area contributed by atoms with Crippen LogP contribution in [-0.2, 0) is 14.8 Å². The number of benzene rings is 4. The van der Waals surface area contributed by atoms with Crippen LogP contribution in [0.1, 0.15) is 5.56 Å². The first-order valence-corrected chi connectivity index (χ1v) is 11.5. The average Bonchev–Trinajstić information content (AvgIpc) is 2.79. The van der Waals surface area contributed by atoms with E-state index in [-0.39, 0.29) is 17.4 Å². The lowest BCUT2D eigenvalue weighted by Gasteiger charge is -2.11. The molecule has 0 aliphatic heterocycles. The second kappa shape index (κ2) is 9.11.